The van der Waals surface area contributed by atoms with Crippen LogP contribution in [0, 0.1) is 11.8 Å². The second-order valence-corrected chi connectivity index (χ2v) is 11.0. The molecule has 1 amide bonds. The first-order valence-electron chi connectivity index (χ1n) is 14.9. The molecule has 3 saturated heterocycles. The number of benzene rings is 1. The zero-order chi connectivity index (χ0) is 28.6. The third-order valence-corrected chi connectivity index (χ3v) is 8.31. The number of methoxy groups -OCH3 is 3. The molecule has 1 aromatic carbocycles. The first-order valence-corrected chi connectivity index (χ1v) is 14.9. The van der Waals surface area contributed by atoms with Crippen LogP contribution in [0.1, 0.15) is 25.7 Å². The van der Waals surface area contributed by atoms with Crippen molar-refractivity contribution in [1.82, 2.24) is 14.7 Å². The van der Waals surface area contributed by atoms with Crippen molar-refractivity contribution in [2.45, 2.75) is 25.7 Å². The number of hydrogen-bond donors (Lipinski definition) is 1. The number of carbonyl (C=O) groups is 1. The molecule has 4 rings (SSSR count). The molecule has 1 N–H and O–H groups in total. The Morgan fingerprint density at radius 2 is 1.30 bits per heavy atom. The number of rotatable bonds is 11. The van der Waals surface area contributed by atoms with Gasteiger partial charge in [0.05, 0.1) is 26.9 Å². The fourth-order valence-electron chi connectivity index (χ4n) is 5.43. The fourth-order valence-corrected chi connectivity index (χ4v) is 5.43. The molecule has 3 aliphatic heterocycles. The number of aliphatic hydroxyl groups is 1. The van der Waals surface area contributed by atoms with Crippen LogP contribution in [-0.4, -0.2) is 139 Å². The smallest absolute Gasteiger partial charge is 0.409 e. The number of aliphatic hydroxyl groups excluding tert-OH is 1. The average Bonchev–Trinajstić information content (AvgIpc) is 3.02. The fraction of sp³-hybridized carbons (Fsp3) is 0.767. The molecule has 0 bridgehead atoms. The molecule has 0 aromatic heterocycles. The predicted octanol–water partition coefficient (Wildman–Crippen LogP) is 2.65. The third-order valence-electron chi connectivity index (χ3n) is 8.31. The van der Waals surface area contributed by atoms with Gasteiger partial charge in [0, 0.05) is 65.8 Å². The molecule has 0 radical (unpaired) electrons. The summed E-state index contributed by atoms with van der Waals surface area (Å²) >= 11 is 0. The Hall–Kier alpha value is -2.11. The molecule has 10 heteroatoms. The maximum atomic E-state index is 12.4. The lowest BCUT2D eigenvalue weighted by molar-refractivity contribution is 0.0628. The van der Waals surface area contributed by atoms with Crippen LogP contribution in [0.3, 0.4) is 0 Å². The number of amides is 1. The molecule has 228 valence electrons. The zero-order valence-electron chi connectivity index (χ0n) is 25.0. The van der Waals surface area contributed by atoms with Gasteiger partial charge in [-0.3, -0.25) is 0 Å². The van der Waals surface area contributed by atoms with Crippen LogP contribution in [0.2, 0.25) is 0 Å². The van der Waals surface area contributed by atoms with Crippen LogP contribution in [0.15, 0.2) is 24.3 Å². The van der Waals surface area contributed by atoms with E-state index in [0.717, 1.165) is 103 Å². The van der Waals surface area contributed by atoms with Crippen molar-refractivity contribution in [2.24, 2.45) is 11.8 Å². The largest absolute Gasteiger partial charge is 0.497 e. The summed E-state index contributed by atoms with van der Waals surface area (Å²) in [4.78, 5) is 21.3. The monoisotopic (exact) mass is 564 g/mol. The maximum absolute atomic E-state index is 12.4. The summed E-state index contributed by atoms with van der Waals surface area (Å²) in [6, 6.07) is 8.06. The van der Waals surface area contributed by atoms with E-state index in [0.29, 0.717) is 38.1 Å². The van der Waals surface area contributed by atoms with Gasteiger partial charge in [-0.25, -0.2) is 4.79 Å². The molecule has 3 aliphatic rings. The summed E-state index contributed by atoms with van der Waals surface area (Å²) < 4.78 is 21.0. The molecule has 3 heterocycles. The van der Waals surface area contributed by atoms with E-state index in [1.165, 1.54) is 0 Å². The van der Waals surface area contributed by atoms with Crippen molar-refractivity contribution in [3.05, 3.63) is 24.3 Å². The number of hydrogen-bond acceptors (Lipinski definition) is 9. The van der Waals surface area contributed by atoms with Gasteiger partial charge >= 0.3 is 6.09 Å². The van der Waals surface area contributed by atoms with Crippen molar-refractivity contribution < 1.29 is 28.8 Å². The molecular formula is C30H52N4O6. The number of likely N-dealkylation sites (tertiary alicyclic amines) is 2. The van der Waals surface area contributed by atoms with Gasteiger partial charge in [0.2, 0.25) is 0 Å². The number of ether oxygens (including phenoxy) is 4. The quantitative estimate of drug-likeness (QED) is 0.436. The van der Waals surface area contributed by atoms with Crippen LogP contribution < -0.4 is 9.64 Å². The molecule has 0 unspecified atom stereocenters. The lowest BCUT2D eigenvalue weighted by Crippen LogP contribution is -2.49. The summed E-state index contributed by atoms with van der Waals surface area (Å²) in [6.45, 7) is 11.9. The van der Waals surface area contributed by atoms with Gasteiger partial charge in [-0.1, -0.05) is 0 Å². The van der Waals surface area contributed by atoms with E-state index in [-0.39, 0.29) is 6.09 Å². The summed E-state index contributed by atoms with van der Waals surface area (Å²) in [7, 11) is 5.15. The summed E-state index contributed by atoms with van der Waals surface area (Å²) in [5.74, 6) is 1.88. The molecule has 0 aliphatic carbocycles. The lowest BCUT2D eigenvalue weighted by Gasteiger charge is -2.36. The molecule has 40 heavy (non-hydrogen) atoms. The van der Waals surface area contributed by atoms with Gasteiger partial charge in [0.1, 0.15) is 5.75 Å². The van der Waals surface area contributed by atoms with Crippen LogP contribution in [0.25, 0.3) is 0 Å². The molecule has 1 aromatic rings. The van der Waals surface area contributed by atoms with Crippen molar-refractivity contribution in [3.63, 3.8) is 0 Å². The SMILES string of the molecule is COCCN1CCC(CO)CC1.COCCN1CCC(COC(=O)N2CCN(c3ccc(OC)cc3)CC2)CC1. The summed E-state index contributed by atoms with van der Waals surface area (Å²) in [6.07, 6.45) is 4.28. The summed E-state index contributed by atoms with van der Waals surface area (Å²) in [5.41, 5.74) is 1.16. The van der Waals surface area contributed by atoms with Crippen LogP contribution in [-0.2, 0) is 14.2 Å². The minimum atomic E-state index is -0.170. The number of piperazine rings is 1. The molecular weight excluding hydrogens is 512 g/mol. The Morgan fingerprint density at radius 3 is 1.77 bits per heavy atom. The van der Waals surface area contributed by atoms with Gasteiger partial charge in [-0.05, 0) is 88.0 Å². The van der Waals surface area contributed by atoms with E-state index in [2.05, 4.69) is 26.8 Å². The lowest BCUT2D eigenvalue weighted by atomic mass is 9.98. The van der Waals surface area contributed by atoms with Gasteiger partial charge in [-0.15, -0.1) is 0 Å². The van der Waals surface area contributed by atoms with E-state index in [9.17, 15) is 4.79 Å². The van der Waals surface area contributed by atoms with Crippen LogP contribution >= 0.6 is 0 Å². The second kappa shape index (κ2) is 18.3. The standard InChI is InChI=1S/C21H33N3O4.C9H19NO2/c1-26-16-15-22-9-7-18(8-10-22)17-28-21(25)24-13-11-23(12-14-24)19-3-5-20(27-2)6-4-19;1-12-7-6-10-4-2-9(8-11)3-5-10/h3-6,18H,7-17H2,1-2H3;9,11H,2-8H2,1H3. The van der Waals surface area contributed by atoms with Gasteiger partial charge in [0.15, 0.2) is 0 Å². The molecule has 0 saturated carbocycles. The average molecular weight is 565 g/mol. The van der Waals surface area contributed by atoms with Crippen LogP contribution in [0.5, 0.6) is 5.75 Å². The highest BCUT2D eigenvalue weighted by Gasteiger charge is 2.25. The third kappa shape index (κ3) is 11.0. The molecule has 10 nitrogen and oxygen atoms in total. The van der Waals surface area contributed by atoms with Crippen molar-refractivity contribution >= 4 is 11.8 Å². The highest BCUT2D eigenvalue weighted by Crippen LogP contribution is 2.21. The predicted molar refractivity (Wildman–Crippen MR) is 157 cm³/mol. The minimum absolute atomic E-state index is 0.170. The number of anilines is 1. The van der Waals surface area contributed by atoms with Crippen LogP contribution in [0.4, 0.5) is 10.5 Å². The van der Waals surface area contributed by atoms with Crippen molar-refractivity contribution in [1.29, 1.82) is 0 Å². The van der Waals surface area contributed by atoms with Gasteiger partial charge in [0.25, 0.3) is 0 Å². The molecule has 3 fully saturated rings. The van der Waals surface area contributed by atoms with E-state index in [1.807, 2.05) is 17.0 Å². The van der Waals surface area contributed by atoms with Crippen molar-refractivity contribution in [2.75, 3.05) is 118 Å². The van der Waals surface area contributed by atoms with E-state index in [1.54, 1.807) is 21.3 Å². The zero-order valence-corrected chi connectivity index (χ0v) is 25.0. The normalized spacial score (nSPS) is 19.7. The van der Waals surface area contributed by atoms with E-state index >= 15 is 0 Å². The number of nitrogens with zero attached hydrogens (tertiary/aromatic N) is 4. The Kier molecular flexibility index (Phi) is 14.9. The summed E-state index contributed by atoms with van der Waals surface area (Å²) in [5, 5.41) is 8.91. The Labute approximate surface area is 241 Å². The topological polar surface area (TPSA) is 87.2 Å². The highest BCUT2D eigenvalue weighted by molar-refractivity contribution is 5.68. The van der Waals surface area contributed by atoms with Gasteiger partial charge < -0.3 is 43.7 Å². The Bertz CT molecular complexity index is 805. The van der Waals surface area contributed by atoms with Crippen molar-refractivity contribution in [3.8, 4) is 5.75 Å². The number of piperidine rings is 2. The Balaban J connectivity index is 0.000000307. The van der Waals surface area contributed by atoms with E-state index in [4.69, 9.17) is 24.1 Å². The minimum Gasteiger partial charge on any atom is -0.497 e. The molecule has 0 spiro atoms. The number of carbonyl (C=O) groups excluding carboxylic acids is 1. The Morgan fingerprint density at radius 1 is 0.775 bits per heavy atom. The maximum Gasteiger partial charge on any atom is 0.409 e. The van der Waals surface area contributed by atoms with E-state index < -0.39 is 0 Å². The van der Waals surface area contributed by atoms with Gasteiger partial charge in [-0.2, -0.15) is 0 Å². The first-order chi connectivity index (χ1) is 19.6. The molecule has 0 atom stereocenters. The second-order valence-electron chi connectivity index (χ2n) is 11.0. The highest BCUT2D eigenvalue weighted by atomic mass is 16.6. The first kappa shape index (κ1) is 32.4.